The summed E-state index contributed by atoms with van der Waals surface area (Å²) in [6.07, 6.45) is -2.72. The maximum atomic E-state index is 12.6. The molecule has 3 aromatic rings. The van der Waals surface area contributed by atoms with E-state index in [2.05, 4.69) is 20.6 Å². The standard InChI is InChI=1S/C20H19F3N4O/c1-14-13-25-19(26-16-9-7-15(8-10-16)20(21,22)23)27-18(14)24-11-12-28-17-5-3-2-4-6-17/h2-10,13H,11-12H2,1H3,(H2,24,25,26,27). The molecule has 2 N–H and O–H groups in total. The smallest absolute Gasteiger partial charge is 0.416 e. The summed E-state index contributed by atoms with van der Waals surface area (Å²) >= 11 is 0. The first-order valence-corrected chi connectivity index (χ1v) is 8.61. The van der Waals surface area contributed by atoms with Gasteiger partial charge in [-0.05, 0) is 43.3 Å². The summed E-state index contributed by atoms with van der Waals surface area (Å²) < 4.78 is 43.5. The van der Waals surface area contributed by atoms with Crippen molar-refractivity contribution < 1.29 is 17.9 Å². The van der Waals surface area contributed by atoms with Crippen molar-refractivity contribution in [3.05, 3.63) is 71.9 Å². The molecular weight excluding hydrogens is 369 g/mol. The Kier molecular flexibility index (Phi) is 5.98. The van der Waals surface area contributed by atoms with Gasteiger partial charge in [-0.25, -0.2) is 4.98 Å². The molecule has 2 aromatic carbocycles. The third-order valence-corrected chi connectivity index (χ3v) is 3.85. The fourth-order valence-electron chi connectivity index (χ4n) is 2.41. The van der Waals surface area contributed by atoms with Gasteiger partial charge >= 0.3 is 6.18 Å². The first kappa shape index (κ1) is 19.5. The van der Waals surface area contributed by atoms with Crippen molar-refractivity contribution in [3.63, 3.8) is 0 Å². The van der Waals surface area contributed by atoms with Crippen molar-refractivity contribution in [2.45, 2.75) is 13.1 Å². The summed E-state index contributed by atoms with van der Waals surface area (Å²) in [4.78, 5) is 8.54. The lowest BCUT2D eigenvalue weighted by Gasteiger charge is -2.12. The molecule has 146 valence electrons. The van der Waals surface area contributed by atoms with Crippen LogP contribution in [-0.2, 0) is 6.18 Å². The molecule has 1 aromatic heterocycles. The van der Waals surface area contributed by atoms with Crippen molar-refractivity contribution in [3.8, 4) is 5.75 Å². The molecule has 0 aliphatic carbocycles. The topological polar surface area (TPSA) is 59.1 Å². The van der Waals surface area contributed by atoms with Gasteiger partial charge in [-0.15, -0.1) is 0 Å². The second-order valence-corrected chi connectivity index (χ2v) is 6.01. The highest BCUT2D eigenvalue weighted by molar-refractivity contribution is 5.56. The van der Waals surface area contributed by atoms with Gasteiger partial charge in [0.2, 0.25) is 5.95 Å². The fraction of sp³-hybridized carbons (Fsp3) is 0.200. The number of alkyl halides is 3. The van der Waals surface area contributed by atoms with Gasteiger partial charge in [0.1, 0.15) is 18.2 Å². The Morgan fingerprint density at radius 2 is 1.71 bits per heavy atom. The molecule has 0 aliphatic heterocycles. The van der Waals surface area contributed by atoms with Crippen LogP contribution in [0.1, 0.15) is 11.1 Å². The van der Waals surface area contributed by atoms with Crippen molar-refractivity contribution in [2.75, 3.05) is 23.8 Å². The molecule has 3 rings (SSSR count). The zero-order valence-corrected chi connectivity index (χ0v) is 15.1. The average molecular weight is 388 g/mol. The van der Waals surface area contributed by atoms with E-state index in [0.29, 0.717) is 24.7 Å². The summed E-state index contributed by atoms with van der Waals surface area (Å²) in [5, 5.41) is 6.08. The second kappa shape index (κ2) is 8.60. The number of hydrogen-bond acceptors (Lipinski definition) is 5. The van der Waals surface area contributed by atoms with Gasteiger partial charge in [0.15, 0.2) is 0 Å². The zero-order valence-electron chi connectivity index (χ0n) is 15.1. The number of rotatable bonds is 7. The van der Waals surface area contributed by atoms with Crippen LogP contribution in [0.15, 0.2) is 60.8 Å². The third kappa shape index (κ3) is 5.35. The maximum absolute atomic E-state index is 12.6. The fourth-order valence-corrected chi connectivity index (χ4v) is 2.41. The van der Waals surface area contributed by atoms with E-state index in [-0.39, 0.29) is 5.95 Å². The van der Waals surface area contributed by atoms with Crippen LogP contribution in [0.5, 0.6) is 5.75 Å². The first-order chi connectivity index (χ1) is 13.4. The molecule has 8 heteroatoms. The quantitative estimate of drug-likeness (QED) is 0.556. The number of anilines is 3. The normalized spacial score (nSPS) is 11.1. The number of halogens is 3. The summed E-state index contributed by atoms with van der Waals surface area (Å²) in [6.45, 7) is 2.85. The zero-order chi connectivity index (χ0) is 20.0. The van der Waals surface area contributed by atoms with Crippen molar-refractivity contribution in [1.29, 1.82) is 0 Å². The minimum absolute atomic E-state index is 0.289. The molecule has 0 spiro atoms. The third-order valence-electron chi connectivity index (χ3n) is 3.85. The largest absolute Gasteiger partial charge is 0.492 e. The second-order valence-electron chi connectivity index (χ2n) is 6.01. The maximum Gasteiger partial charge on any atom is 0.416 e. The number of ether oxygens (including phenoxy) is 1. The van der Waals surface area contributed by atoms with Crippen LogP contribution in [0.25, 0.3) is 0 Å². The van der Waals surface area contributed by atoms with Crippen LogP contribution in [0, 0.1) is 6.92 Å². The molecule has 0 saturated heterocycles. The van der Waals surface area contributed by atoms with Crippen LogP contribution < -0.4 is 15.4 Å². The van der Waals surface area contributed by atoms with E-state index in [0.717, 1.165) is 23.4 Å². The SMILES string of the molecule is Cc1cnc(Nc2ccc(C(F)(F)F)cc2)nc1NCCOc1ccccc1. The van der Waals surface area contributed by atoms with Gasteiger partial charge in [0, 0.05) is 17.4 Å². The number of para-hydroxylation sites is 1. The number of aryl methyl sites for hydroxylation is 1. The van der Waals surface area contributed by atoms with Gasteiger partial charge in [-0.2, -0.15) is 18.2 Å². The van der Waals surface area contributed by atoms with E-state index in [9.17, 15) is 13.2 Å². The van der Waals surface area contributed by atoms with Crippen molar-refractivity contribution in [1.82, 2.24) is 9.97 Å². The van der Waals surface area contributed by atoms with Gasteiger partial charge < -0.3 is 15.4 Å². The molecule has 0 saturated carbocycles. The van der Waals surface area contributed by atoms with E-state index < -0.39 is 11.7 Å². The van der Waals surface area contributed by atoms with Crippen LogP contribution in [0.4, 0.5) is 30.6 Å². The highest BCUT2D eigenvalue weighted by Crippen LogP contribution is 2.30. The minimum Gasteiger partial charge on any atom is -0.492 e. The van der Waals surface area contributed by atoms with E-state index in [1.807, 2.05) is 37.3 Å². The lowest BCUT2D eigenvalue weighted by Crippen LogP contribution is -2.14. The Balaban J connectivity index is 1.58. The summed E-state index contributed by atoms with van der Waals surface area (Å²) in [5.74, 6) is 1.70. The highest BCUT2D eigenvalue weighted by Gasteiger charge is 2.29. The Labute approximate surface area is 160 Å². The minimum atomic E-state index is -4.36. The van der Waals surface area contributed by atoms with Crippen LogP contribution in [0.3, 0.4) is 0 Å². The summed E-state index contributed by atoms with van der Waals surface area (Å²) in [6, 6.07) is 14.2. The Hall–Kier alpha value is -3.29. The molecule has 5 nitrogen and oxygen atoms in total. The number of hydrogen-bond donors (Lipinski definition) is 2. The van der Waals surface area contributed by atoms with Crippen molar-refractivity contribution >= 4 is 17.5 Å². The van der Waals surface area contributed by atoms with Crippen LogP contribution >= 0.6 is 0 Å². The molecule has 0 aliphatic rings. The van der Waals surface area contributed by atoms with Crippen LogP contribution in [-0.4, -0.2) is 23.1 Å². The van der Waals surface area contributed by atoms with Gasteiger partial charge in [-0.1, -0.05) is 18.2 Å². The Morgan fingerprint density at radius 1 is 1.00 bits per heavy atom. The average Bonchev–Trinajstić information content (AvgIpc) is 2.68. The number of benzene rings is 2. The number of nitrogens with one attached hydrogen (secondary N) is 2. The van der Waals surface area contributed by atoms with Gasteiger partial charge in [-0.3, -0.25) is 0 Å². The molecular formula is C20H19F3N4O. The van der Waals surface area contributed by atoms with Gasteiger partial charge in [0.05, 0.1) is 12.1 Å². The number of nitrogens with zero attached hydrogens (tertiary/aromatic N) is 2. The van der Waals surface area contributed by atoms with E-state index >= 15 is 0 Å². The summed E-state index contributed by atoms with van der Waals surface area (Å²) in [5.41, 5.74) is 0.608. The molecule has 0 fully saturated rings. The van der Waals surface area contributed by atoms with E-state index in [1.54, 1.807) is 6.20 Å². The summed E-state index contributed by atoms with van der Waals surface area (Å²) in [7, 11) is 0. The number of aromatic nitrogens is 2. The molecule has 28 heavy (non-hydrogen) atoms. The first-order valence-electron chi connectivity index (χ1n) is 8.61. The van der Waals surface area contributed by atoms with Crippen LogP contribution in [0.2, 0.25) is 0 Å². The predicted molar refractivity (Wildman–Crippen MR) is 102 cm³/mol. The van der Waals surface area contributed by atoms with Gasteiger partial charge in [0.25, 0.3) is 0 Å². The molecule has 0 unspecified atom stereocenters. The molecule has 1 heterocycles. The van der Waals surface area contributed by atoms with E-state index in [4.69, 9.17) is 4.74 Å². The predicted octanol–water partition coefficient (Wildman–Crippen LogP) is 5.04. The monoisotopic (exact) mass is 388 g/mol. The lowest BCUT2D eigenvalue weighted by molar-refractivity contribution is -0.137. The lowest BCUT2D eigenvalue weighted by atomic mass is 10.2. The van der Waals surface area contributed by atoms with Crippen molar-refractivity contribution in [2.24, 2.45) is 0 Å². The highest BCUT2D eigenvalue weighted by atomic mass is 19.4. The molecule has 0 amide bonds. The Morgan fingerprint density at radius 3 is 2.39 bits per heavy atom. The van der Waals surface area contributed by atoms with E-state index in [1.165, 1.54) is 12.1 Å². The Bertz CT molecular complexity index is 900. The molecule has 0 radical (unpaired) electrons. The molecule has 0 bridgehead atoms. The molecule has 0 atom stereocenters.